The van der Waals surface area contributed by atoms with Crippen LogP contribution in [-0.4, -0.2) is 43.2 Å². The number of hydrogen-bond donors (Lipinski definition) is 8. The first-order valence-corrected chi connectivity index (χ1v) is 14.4. The molecule has 0 aliphatic carbocycles. The van der Waals surface area contributed by atoms with Crippen LogP contribution < -0.4 is 22.9 Å². The maximum absolute atomic E-state index is 12.8. The quantitative estimate of drug-likeness (QED) is 0.122. The first-order chi connectivity index (χ1) is 16.8. The van der Waals surface area contributed by atoms with Crippen LogP contribution in [0.2, 0.25) is 0 Å². The third kappa shape index (κ3) is 7.94. The van der Waals surface area contributed by atoms with Gasteiger partial charge < -0.3 is 42.5 Å². The maximum atomic E-state index is 12.8. The highest BCUT2D eigenvalue weighted by Gasteiger charge is 2.51. The number of benzene rings is 1. The number of hydrogen-bond acceptors (Lipinski definition) is 6. The molecule has 0 radical (unpaired) electrons. The van der Waals surface area contributed by atoms with E-state index in [-0.39, 0.29) is 16.7 Å². The predicted octanol–water partition coefficient (Wildman–Crippen LogP) is -0.197. The van der Waals surface area contributed by atoms with E-state index in [1.807, 2.05) is 0 Å². The molecule has 37 heavy (non-hydrogen) atoms. The summed E-state index contributed by atoms with van der Waals surface area (Å²) in [5.41, 5.74) is 21.0. The van der Waals surface area contributed by atoms with Crippen LogP contribution in [0.15, 0.2) is 18.2 Å². The lowest BCUT2D eigenvalue weighted by atomic mass is 9.82. The highest BCUT2D eigenvalue weighted by molar-refractivity contribution is 7.53. The Hall–Kier alpha value is -2.60. The fourth-order valence-corrected chi connectivity index (χ4v) is 7.16. The lowest BCUT2D eigenvalue weighted by Crippen LogP contribution is -2.33. The van der Waals surface area contributed by atoms with Crippen LogP contribution in [0.1, 0.15) is 68.1 Å². The minimum atomic E-state index is -5.10. The van der Waals surface area contributed by atoms with Crippen molar-refractivity contribution in [1.29, 1.82) is 0 Å². The van der Waals surface area contributed by atoms with Crippen molar-refractivity contribution in [3.63, 3.8) is 0 Å². The van der Waals surface area contributed by atoms with Gasteiger partial charge in [-0.1, -0.05) is 18.2 Å². The second-order valence-electron chi connectivity index (χ2n) is 9.05. The molecule has 0 saturated carbocycles. The number of carbonyl (C=O) groups is 4. The van der Waals surface area contributed by atoms with Gasteiger partial charge in [0.05, 0.1) is 10.3 Å². The van der Waals surface area contributed by atoms with Gasteiger partial charge in [0.25, 0.3) is 0 Å². The first kappa shape index (κ1) is 32.4. The molecule has 0 aliphatic rings. The third-order valence-electron chi connectivity index (χ3n) is 6.52. The zero-order chi connectivity index (χ0) is 28.8. The molecule has 208 valence electrons. The Morgan fingerprint density at radius 2 is 1.00 bits per heavy atom. The fraction of sp³-hybridized carbons (Fsp3) is 0.524. The lowest BCUT2D eigenvalue weighted by Gasteiger charge is -2.38. The number of rotatable bonds is 16. The smallest absolute Gasteiger partial charge is 0.336 e. The van der Waals surface area contributed by atoms with Gasteiger partial charge in [-0.25, -0.2) is 0 Å². The van der Waals surface area contributed by atoms with Crippen LogP contribution in [0, 0.1) is 6.92 Å². The predicted molar refractivity (Wildman–Crippen MR) is 132 cm³/mol. The van der Waals surface area contributed by atoms with Gasteiger partial charge in [0.2, 0.25) is 23.6 Å². The molecule has 0 heterocycles. The van der Waals surface area contributed by atoms with E-state index in [9.17, 15) is 47.9 Å². The number of aryl methyl sites for hydroxylation is 1. The van der Waals surface area contributed by atoms with E-state index in [0.717, 1.165) is 0 Å². The van der Waals surface area contributed by atoms with Crippen molar-refractivity contribution in [2.24, 2.45) is 22.9 Å². The normalized spacial score (nSPS) is 12.8. The Morgan fingerprint density at radius 1 is 0.676 bits per heavy atom. The summed E-state index contributed by atoms with van der Waals surface area (Å²) in [4.78, 5) is 87.3. The Balaban J connectivity index is 3.89. The molecule has 0 fully saturated rings. The molecule has 0 aliphatic heterocycles. The zero-order valence-electron chi connectivity index (χ0n) is 20.3. The van der Waals surface area contributed by atoms with Gasteiger partial charge >= 0.3 is 15.2 Å². The second kappa shape index (κ2) is 12.3. The highest BCUT2D eigenvalue weighted by Crippen LogP contribution is 2.65. The highest BCUT2D eigenvalue weighted by atomic mass is 31.2. The molecule has 1 rings (SSSR count). The molecule has 4 amide bonds. The van der Waals surface area contributed by atoms with Gasteiger partial charge in [-0.15, -0.1) is 0 Å². The van der Waals surface area contributed by atoms with Crippen LogP contribution in [0.5, 0.6) is 0 Å². The fourth-order valence-electron chi connectivity index (χ4n) is 4.51. The Morgan fingerprint density at radius 3 is 1.27 bits per heavy atom. The van der Waals surface area contributed by atoms with Gasteiger partial charge in [0, 0.05) is 25.7 Å². The number of primary amides is 4. The molecule has 0 spiro atoms. The number of nitrogens with two attached hydrogens (primary N) is 4. The average Bonchev–Trinajstić information content (AvgIpc) is 2.72. The Bertz CT molecular complexity index is 1110. The molecular formula is C21H34N4O10P2. The molecule has 1 aromatic carbocycles. The molecule has 0 unspecified atom stereocenters. The largest absolute Gasteiger partial charge is 0.370 e. The van der Waals surface area contributed by atoms with Gasteiger partial charge in [0.1, 0.15) is 0 Å². The minimum absolute atomic E-state index is 0.0106. The maximum Gasteiger partial charge on any atom is 0.336 e. The van der Waals surface area contributed by atoms with E-state index in [1.54, 1.807) is 0 Å². The van der Waals surface area contributed by atoms with Crippen molar-refractivity contribution in [3.05, 3.63) is 34.9 Å². The summed E-state index contributed by atoms with van der Waals surface area (Å²) >= 11 is 0. The monoisotopic (exact) mass is 564 g/mol. The minimum Gasteiger partial charge on any atom is -0.370 e. The Labute approximate surface area is 213 Å². The van der Waals surface area contributed by atoms with E-state index in [1.165, 1.54) is 25.1 Å². The summed E-state index contributed by atoms with van der Waals surface area (Å²) in [7, 11) is -10.2. The molecular weight excluding hydrogens is 530 g/mol. The van der Waals surface area contributed by atoms with Crippen molar-refractivity contribution in [2.75, 3.05) is 0 Å². The molecule has 16 heteroatoms. The summed E-state index contributed by atoms with van der Waals surface area (Å²) in [5.74, 6) is -3.37. The second-order valence-corrected chi connectivity index (χ2v) is 12.9. The molecule has 0 saturated heterocycles. The van der Waals surface area contributed by atoms with Crippen LogP contribution in [-0.2, 0) is 38.6 Å². The van der Waals surface area contributed by atoms with E-state index in [4.69, 9.17) is 22.9 Å². The summed E-state index contributed by atoms with van der Waals surface area (Å²) < 4.78 is 25.5. The molecule has 14 nitrogen and oxygen atoms in total. The van der Waals surface area contributed by atoms with Crippen molar-refractivity contribution >= 4 is 38.8 Å². The van der Waals surface area contributed by atoms with Crippen LogP contribution in [0.25, 0.3) is 0 Å². The van der Waals surface area contributed by atoms with Gasteiger partial charge in [-0.3, -0.25) is 28.3 Å². The van der Waals surface area contributed by atoms with Crippen molar-refractivity contribution in [3.8, 4) is 0 Å². The molecule has 0 aromatic heterocycles. The topological polar surface area (TPSA) is 287 Å². The van der Waals surface area contributed by atoms with Crippen LogP contribution in [0.4, 0.5) is 0 Å². The van der Waals surface area contributed by atoms with Gasteiger partial charge in [0.15, 0.2) is 0 Å². The third-order valence-corrected chi connectivity index (χ3v) is 10.1. The van der Waals surface area contributed by atoms with Crippen molar-refractivity contribution in [2.45, 2.75) is 68.6 Å². The van der Waals surface area contributed by atoms with E-state index < -0.39 is 100 Å². The zero-order valence-corrected chi connectivity index (χ0v) is 22.1. The number of carbonyl (C=O) groups excluding carboxylic acids is 4. The molecule has 1 aromatic rings. The average molecular weight is 564 g/mol. The molecule has 0 bridgehead atoms. The standard InChI is InChI=1S/C21H34N4O10P2/c1-13-12-14(20(36(30,31)32,8-4-16(22)26)9-5-17(23)27)2-3-15(13)21(37(33,34)35,10-6-18(24)28)11-7-19(25)29/h2-3,12H,4-11H2,1H3,(H2,22,26)(H2,23,27)(H2,24,28)(H2,25,29)(H2,30,31,32)(H2,33,34,35). The summed E-state index contributed by atoms with van der Waals surface area (Å²) in [6.07, 6.45) is -3.50. The van der Waals surface area contributed by atoms with Crippen molar-refractivity contribution < 1.29 is 47.9 Å². The SMILES string of the molecule is Cc1cc(C(CCC(N)=O)(CCC(N)=O)P(=O)(O)O)ccc1C(CCC(N)=O)(CCC(N)=O)P(=O)(O)O. The van der Waals surface area contributed by atoms with Crippen molar-refractivity contribution in [1.82, 2.24) is 0 Å². The van der Waals surface area contributed by atoms with E-state index in [0.29, 0.717) is 0 Å². The van der Waals surface area contributed by atoms with E-state index in [2.05, 4.69) is 0 Å². The van der Waals surface area contributed by atoms with E-state index >= 15 is 0 Å². The van der Waals surface area contributed by atoms with Crippen LogP contribution in [0.3, 0.4) is 0 Å². The Kier molecular flexibility index (Phi) is 10.8. The lowest BCUT2D eigenvalue weighted by molar-refractivity contribution is -0.119. The summed E-state index contributed by atoms with van der Waals surface area (Å²) in [6.45, 7) is 1.42. The van der Waals surface area contributed by atoms with Gasteiger partial charge in [-0.05, 0) is 49.3 Å². The first-order valence-electron chi connectivity index (χ1n) is 11.2. The summed E-state index contributed by atoms with van der Waals surface area (Å²) in [5, 5.41) is -4.13. The molecule has 0 atom stereocenters. The number of amides is 4. The molecule has 12 N–H and O–H groups in total. The van der Waals surface area contributed by atoms with Gasteiger partial charge in [-0.2, -0.15) is 0 Å². The summed E-state index contributed by atoms with van der Waals surface area (Å²) in [6, 6.07) is 3.71. The van der Waals surface area contributed by atoms with Crippen LogP contribution >= 0.6 is 15.2 Å².